The van der Waals surface area contributed by atoms with Gasteiger partial charge in [0.1, 0.15) is 12.6 Å². The van der Waals surface area contributed by atoms with Crippen molar-refractivity contribution < 1.29 is 48.0 Å². The van der Waals surface area contributed by atoms with Crippen molar-refractivity contribution in [2.24, 2.45) is 47.3 Å². The summed E-state index contributed by atoms with van der Waals surface area (Å²) in [5.74, 6) is -8.10. The SMILES string of the molecule is O=C(CC(NC(=O)OCc1ccccc1)C(=O)ON1C(=O)C2C3C=CC(C3)C2C1=O)ON1C(=O)C2C3C=CC(C3)C2C1=O. The van der Waals surface area contributed by atoms with Gasteiger partial charge in [0.15, 0.2) is 0 Å². The van der Waals surface area contributed by atoms with Crippen LogP contribution in [0.4, 0.5) is 4.79 Å². The molecule has 9 unspecified atom stereocenters. The van der Waals surface area contributed by atoms with Crippen LogP contribution in [0.25, 0.3) is 0 Å². The summed E-state index contributed by atoms with van der Waals surface area (Å²) in [5, 5.41) is 3.04. The molecular weight excluding hydrogens is 562 g/mol. The fourth-order valence-electron chi connectivity index (χ4n) is 7.49. The molecule has 4 bridgehead atoms. The molecule has 4 aliphatic carbocycles. The molecule has 1 aromatic rings. The van der Waals surface area contributed by atoms with E-state index in [2.05, 4.69) is 5.32 Å². The molecule has 0 aromatic heterocycles. The highest BCUT2D eigenvalue weighted by atomic mass is 16.7. The molecule has 13 heteroatoms. The summed E-state index contributed by atoms with van der Waals surface area (Å²) in [5.41, 5.74) is 0.652. The first-order valence-electron chi connectivity index (χ1n) is 14.2. The highest BCUT2D eigenvalue weighted by molar-refractivity contribution is 6.07. The predicted octanol–water partition coefficient (Wildman–Crippen LogP) is 1.20. The van der Waals surface area contributed by atoms with Crippen LogP contribution in [0.3, 0.4) is 0 Å². The Bertz CT molecular complexity index is 1440. The van der Waals surface area contributed by atoms with Crippen molar-refractivity contribution in [1.29, 1.82) is 0 Å². The molecule has 0 radical (unpaired) electrons. The second-order valence-electron chi connectivity index (χ2n) is 11.8. The number of fused-ring (bicyclic) bond motifs is 10. The summed E-state index contributed by atoms with van der Waals surface area (Å²) in [7, 11) is 0. The van der Waals surface area contributed by atoms with Crippen molar-refractivity contribution in [1.82, 2.24) is 15.4 Å². The van der Waals surface area contributed by atoms with Crippen LogP contribution < -0.4 is 5.32 Å². The Morgan fingerprint density at radius 3 is 1.67 bits per heavy atom. The van der Waals surface area contributed by atoms with E-state index in [1.807, 2.05) is 24.3 Å². The Morgan fingerprint density at radius 1 is 0.721 bits per heavy atom. The lowest BCUT2D eigenvalue weighted by Crippen LogP contribution is -2.48. The number of imide groups is 2. The first-order chi connectivity index (χ1) is 20.7. The van der Waals surface area contributed by atoms with E-state index >= 15 is 0 Å². The van der Waals surface area contributed by atoms with Crippen LogP contribution in [0.1, 0.15) is 24.8 Å². The number of allylic oxidation sites excluding steroid dienone is 4. The molecule has 43 heavy (non-hydrogen) atoms. The Hall–Kier alpha value is -4.81. The van der Waals surface area contributed by atoms with E-state index in [1.54, 1.807) is 30.3 Å². The molecule has 2 saturated carbocycles. The molecule has 4 fully saturated rings. The minimum Gasteiger partial charge on any atom is -0.445 e. The number of rotatable bonds is 8. The Balaban J connectivity index is 1.03. The number of carbonyl (C=O) groups excluding carboxylic acids is 7. The molecular formula is C30H27N3O10. The lowest BCUT2D eigenvalue weighted by Gasteiger charge is -2.21. The van der Waals surface area contributed by atoms with E-state index in [0.717, 1.165) is 0 Å². The van der Waals surface area contributed by atoms with Crippen molar-refractivity contribution in [3.8, 4) is 0 Å². The smallest absolute Gasteiger partial charge is 0.408 e. The summed E-state index contributed by atoms with van der Waals surface area (Å²) in [6.07, 6.45) is 6.90. The maximum atomic E-state index is 13.2. The second-order valence-corrected chi connectivity index (χ2v) is 11.8. The lowest BCUT2D eigenvalue weighted by atomic mass is 9.85. The standard InChI is InChI=1S/C30H27N3O10/c34-20(42-32-25(35)21-15-6-7-16(10-15)22(21)26(32)36)12-19(31-30(40)41-13-14-4-2-1-3-5-14)29(39)43-33-27(37)23-17-8-9-18(11-17)24(23)28(33)38/h1-9,15-19,21-24H,10-13H2,(H,31,40). The van der Waals surface area contributed by atoms with Gasteiger partial charge in [-0.25, -0.2) is 14.4 Å². The van der Waals surface area contributed by atoms with Crippen LogP contribution in [0, 0.1) is 47.3 Å². The molecule has 222 valence electrons. The fraction of sp³-hybridized carbons (Fsp3) is 0.433. The van der Waals surface area contributed by atoms with Crippen molar-refractivity contribution in [3.63, 3.8) is 0 Å². The molecule has 2 saturated heterocycles. The predicted molar refractivity (Wildman–Crippen MR) is 139 cm³/mol. The summed E-state index contributed by atoms with van der Waals surface area (Å²) >= 11 is 0. The number of benzene rings is 1. The number of alkyl carbamates (subject to hydrolysis) is 1. The number of hydrogen-bond acceptors (Lipinski definition) is 10. The van der Waals surface area contributed by atoms with Gasteiger partial charge in [-0.2, -0.15) is 0 Å². The molecule has 13 nitrogen and oxygen atoms in total. The van der Waals surface area contributed by atoms with Gasteiger partial charge in [-0.15, -0.1) is 10.1 Å². The number of ether oxygens (including phenoxy) is 1. The first-order valence-corrected chi connectivity index (χ1v) is 14.2. The normalized spacial score (nSPS) is 33.2. The second kappa shape index (κ2) is 10.2. The van der Waals surface area contributed by atoms with Crippen LogP contribution in [0.5, 0.6) is 0 Å². The van der Waals surface area contributed by atoms with Gasteiger partial charge in [0, 0.05) is 0 Å². The molecule has 1 N–H and O–H groups in total. The van der Waals surface area contributed by atoms with E-state index in [4.69, 9.17) is 14.4 Å². The number of nitrogens with one attached hydrogen (secondary N) is 1. The Morgan fingerprint density at radius 2 is 1.19 bits per heavy atom. The van der Waals surface area contributed by atoms with Gasteiger partial charge < -0.3 is 19.7 Å². The average Bonchev–Trinajstić information content (AvgIpc) is 3.85. The van der Waals surface area contributed by atoms with Gasteiger partial charge in [-0.05, 0) is 42.1 Å². The van der Waals surface area contributed by atoms with Crippen LogP contribution in [0.2, 0.25) is 0 Å². The largest absolute Gasteiger partial charge is 0.445 e. The highest BCUT2D eigenvalue weighted by Gasteiger charge is 2.62. The van der Waals surface area contributed by atoms with E-state index in [1.165, 1.54) is 0 Å². The lowest BCUT2D eigenvalue weighted by molar-refractivity contribution is -0.204. The fourth-order valence-corrected chi connectivity index (χ4v) is 7.49. The van der Waals surface area contributed by atoms with Gasteiger partial charge in [-0.1, -0.05) is 54.6 Å². The zero-order chi connectivity index (χ0) is 30.0. The van der Waals surface area contributed by atoms with E-state index in [-0.39, 0.29) is 30.3 Å². The topological polar surface area (TPSA) is 166 Å². The zero-order valence-corrected chi connectivity index (χ0v) is 22.7. The summed E-state index contributed by atoms with van der Waals surface area (Å²) in [6.45, 7) is -0.156. The molecule has 5 amide bonds. The molecule has 2 heterocycles. The number of hydroxylamine groups is 4. The van der Waals surface area contributed by atoms with E-state index in [0.29, 0.717) is 28.5 Å². The highest BCUT2D eigenvalue weighted by Crippen LogP contribution is 2.53. The van der Waals surface area contributed by atoms with Gasteiger partial charge in [-0.3, -0.25) is 19.2 Å². The minimum atomic E-state index is -1.78. The number of nitrogens with zero attached hydrogens (tertiary/aromatic N) is 2. The quantitative estimate of drug-likeness (QED) is 0.344. The zero-order valence-electron chi connectivity index (χ0n) is 22.7. The molecule has 0 spiro atoms. The maximum Gasteiger partial charge on any atom is 0.408 e. The minimum absolute atomic E-state index is 0.112. The van der Waals surface area contributed by atoms with E-state index in [9.17, 15) is 33.6 Å². The number of amides is 5. The van der Waals surface area contributed by atoms with Gasteiger partial charge >= 0.3 is 18.0 Å². The average molecular weight is 590 g/mol. The third-order valence-electron chi connectivity index (χ3n) is 9.39. The van der Waals surface area contributed by atoms with Crippen LogP contribution in [0.15, 0.2) is 54.6 Å². The summed E-state index contributed by atoms with van der Waals surface area (Å²) < 4.78 is 5.16. The maximum absolute atomic E-state index is 13.2. The van der Waals surface area contributed by atoms with Gasteiger partial charge in [0.25, 0.3) is 23.6 Å². The van der Waals surface area contributed by atoms with Crippen molar-refractivity contribution in [3.05, 3.63) is 60.2 Å². The monoisotopic (exact) mass is 589 g/mol. The molecule has 7 rings (SSSR count). The van der Waals surface area contributed by atoms with Crippen LogP contribution in [-0.4, -0.2) is 57.8 Å². The van der Waals surface area contributed by atoms with Crippen LogP contribution >= 0.6 is 0 Å². The number of hydrogen-bond donors (Lipinski definition) is 1. The van der Waals surface area contributed by atoms with Gasteiger partial charge in [0.05, 0.1) is 30.1 Å². The number of carbonyl (C=O) groups is 7. The summed E-state index contributed by atoms with van der Waals surface area (Å²) in [4.78, 5) is 101. The van der Waals surface area contributed by atoms with Gasteiger partial charge in [0.2, 0.25) is 0 Å². The Labute approximate surface area is 244 Å². The van der Waals surface area contributed by atoms with Crippen molar-refractivity contribution in [2.45, 2.75) is 31.9 Å². The molecule has 1 aromatic carbocycles. The van der Waals surface area contributed by atoms with Crippen molar-refractivity contribution in [2.75, 3.05) is 0 Å². The summed E-state index contributed by atoms with van der Waals surface area (Å²) in [6, 6.07) is 6.90. The first kappa shape index (κ1) is 27.0. The molecule has 2 aliphatic heterocycles. The van der Waals surface area contributed by atoms with E-state index < -0.39 is 77.8 Å². The van der Waals surface area contributed by atoms with Crippen LogP contribution in [-0.2, 0) is 49.8 Å². The third kappa shape index (κ3) is 4.41. The van der Waals surface area contributed by atoms with Crippen molar-refractivity contribution >= 4 is 41.7 Å². The molecule has 9 atom stereocenters. The molecule has 6 aliphatic rings. The Kier molecular flexibility index (Phi) is 6.40. The third-order valence-corrected chi connectivity index (χ3v) is 9.39.